The predicted molar refractivity (Wildman–Crippen MR) is 60.7 cm³/mol. The third-order valence-corrected chi connectivity index (χ3v) is 2.47. The van der Waals surface area contributed by atoms with Crippen LogP contribution in [0.1, 0.15) is 19.5 Å². The first-order valence-electron chi connectivity index (χ1n) is 4.91. The minimum Gasteiger partial charge on any atom is -0.250 e. The summed E-state index contributed by atoms with van der Waals surface area (Å²) in [5.74, 6) is 0. The number of rotatable bonds is 2. The van der Waals surface area contributed by atoms with Gasteiger partial charge in [-0.2, -0.15) is 5.10 Å². The summed E-state index contributed by atoms with van der Waals surface area (Å²) in [4.78, 5) is 7.10. The Kier molecular flexibility index (Phi) is 2.29. The van der Waals surface area contributed by atoms with E-state index in [0.29, 0.717) is 0 Å². The van der Waals surface area contributed by atoms with Gasteiger partial charge in [-0.3, -0.25) is 4.68 Å². The molecule has 6 heteroatoms. The fraction of sp³-hybridized carbons (Fsp3) is 0.400. The second kappa shape index (κ2) is 3.50. The van der Waals surface area contributed by atoms with Gasteiger partial charge in [-0.25, -0.2) is 4.98 Å². The van der Waals surface area contributed by atoms with Crippen molar-refractivity contribution < 1.29 is 0 Å². The predicted octanol–water partition coefficient (Wildman–Crippen LogP) is 2.51. The van der Waals surface area contributed by atoms with E-state index in [4.69, 9.17) is 5.53 Å². The second-order valence-corrected chi connectivity index (χ2v) is 4.10. The lowest BCUT2D eigenvalue weighted by atomic mass is 10.00. The van der Waals surface area contributed by atoms with Gasteiger partial charge in [-0.15, -0.1) is 0 Å². The van der Waals surface area contributed by atoms with Crippen LogP contribution in [-0.2, 0) is 12.6 Å². The van der Waals surface area contributed by atoms with Gasteiger partial charge in [0.25, 0.3) is 0 Å². The van der Waals surface area contributed by atoms with Gasteiger partial charge in [0.2, 0.25) is 0 Å². The first kappa shape index (κ1) is 10.4. The minimum absolute atomic E-state index is 0.669. The van der Waals surface area contributed by atoms with Crippen molar-refractivity contribution in [2.75, 3.05) is 0 Å². The summed E-state index contributed by atoms with van der Waals surface area (Å²) in [6, 6.07) is 3.78. The molecule has 0 radical (unpaired) electrons. The molecule has 0 aliphatic carbocycles. The van der Waals surface area contributed by atoms with Crippen molar-refractivity contribution in [3.05, 3.63) is 34.5 Å². The molecule has 2 heterocycles. The van der Waals surface area contributed by atoms with E-state index in [1.165, 1.54) is 0 Å². The Bertz CT molecular complexity index is 576. The van der Waals surface area contributed by atoms with Crippen molar-refractivity contribution >= 4 is 11.0 Å². The van der Waals surface area contributed by atoms with Crippen LogP contribution in [0.25, 0.3) is 21.5 Å². The molecule has 0 aliphatic heterocycles. The molecule has 0 bridgehead atoms. The fourth-order valence-corrected chi connectivity index (χ4v) is 1.70. The maximum absolute atomic E-state index is 8.55. The molecule has 0 fully saturated rings. The van der Waals surface area contributed by atoms with Crippen LogP contribution in [0.4, 0.5) is 0 Å². The normalized spacial score (nSPS) is 11.4. The van der Waals surface area contributed by atoms with Crippen LogP contribution in [0.2, 0.25) is 0 Å². The van der Waals surface area contributed by atoms with Crippen molar-refractivity contribution in [1.29, 1.82) is 0 Å². The van der Waals surface area contributed by atoms with Gasteiger partial charge >= 0.3 is 0 Å². The molecule has 16 heavy (non-hydrogen) atoms. The van der Waals surface area contributed by atoms with Crippen LogP contribution in [-0.4, -0.2) is 14.8 Å². The van der Waals surface area contributed by atoms with E-state index in [-0.39, 0.29) is 0 Å². The Balaban J connectivity index is 2.75. The second-order valence-electron chi connectivity index (χ2n) is 4.10. The summed E-state index contributed by atoms with van der Waals surface area (Å²) in [6.45, 7) is 3.67. The highest BCUT2D eigenvalue weighted by Gasteiger charge is 2.25. The molecule has 0 aromatic carbocycles. The van der Waals surface area contributed by atoms with Gasteiger partial charge < -0.3 is 0 Å². The van der Waals surface area contributed by atoms with E-state index < -0.39 is 5.54 Å². The van der Waals surface area contributed by atoms with Crippen LogP contribution >= 0.6 is 0 Å². The number of hydrogen-bond acceptors (Lipinski definition) is 3. The highest BCUT2D eigenvalue weighted by Crippen LogP contribution is 2.29. The first-order valence-corrected chi connectivity index (χ1v) is 4.91. The molecular formula is C10H12N6. The Morgan fingerprint density at radius 2 is 2.25 bits per heavy atom. The zero-order valence-corrected chi connectivity index (χ0v) is 9.42. The van der Waals surface area contributed by atoms with Crippen molar-refractivity contribution in [2.45, 2.75) is 19.4 Å². The van der Waals surface area contributed by atoms with Gasteiger partial charge in [-0.1, -0.05) is 5.11 Å². The van der Waals surface area contributed by atoms with Crippen molar-refractivity contribution in [1.82, 2.24) is 14.8 Å². The Hall–Kier alpha value is -2.07. The van der Waals surface area contributed by atoms with Gasteiger partial charge in [-0.05, 0) is 31.5 Å². The number of aromatic nitrogens is 3. The molecule has 2 aromatic heterocycles. The zero-order valence-electron chi connectivity index (χ0n) is 9.42. The number of pyridine rings is 1. The van der Waals surface area contributed by atoms with Crippen LogP contribution in [0.5, 0.6) is 0 Å². The molecule has 0 amide bonds. The minimum atomic E-state index is -0.669. The summed E-state index contributed by atoms with van der Waals surface area (Å²) in [5.41, 5.74) is 9.42. The number of hydrogen-bond donors (Lipinski definition) is 0. The van der Waals surface area contributed by atoms with E-state index in [9.17, 15) is 0 Å². The smallest absolute Gasteiger partial charge is 0.157 e. The van der Waals surface area contributed by atoms with Crippen LogP contribution in [0.3, 0.4) is 0 Å². The van der Waals surface area contributed by atoms with Gasteiger partial charge in [0.15, 0.2) is 5.65 Å². The van der Waals surface area contributed by atoms with Crippen molar-refractivity contribution in [2.24, 2.45) is 12.2 Å². The molecule has 0 unspecified atom stereocenters. The van der Waals surface area contributed by atoms with Crippen molar-refractivity contribution in [3.63, 3.8) is 0 Å². The largest absolute Gasteiger partial charge is 0.250 e. The van der Waals surface area contributed by atoms with Gasteiger partial charge in [0.1, 0.15) is 0 Å². The Morgan fingerprint density at radius 1 is 1.50 bits per heavy atom. The highest BCUT2D eigenvalue weighted by atomic mass is 15.3. The average Bonchev–Trinajstić information content (AvgIpc) is 2.58. The molecule has 2 aromatic rings. The first-order chi connectivity index (χ1) is 7.56. The van der Waals surface area contributed by atoms with Gasteiger partial charge in [0, 0.05) is 23.5 Å². The number of aryl methyl sites for hydroxylation is 1. The molecule has 82 valence electrons. The monoisotopic (exact) mass is 216 g/mol. The highest BCUT2D eigenvalue weighted by molar-refractivity contribution is 5.79. The molecule has 0 N–H and O–H groups in total. The van der Waals surface area contributed by atoms with Crippen LogP contribution in [0, 0.1) is 0 Å². The lowest BCUT2D eigenvalue weighted by molar-refractivity contribution is 0.524. The lowest BCUT2D eigenvalue weighted by Gasteiger charge is -2.14. The van der Waals surface area contributed by atoms with Gasteiger partial charge in [0.05, 0.1) is 11.2 Å². The lowest BCUT2D eigenvalue weighted by Crippen LogP contribution is -2.14. The van der Waals surface area contributed by atoms with E-state index in [1.54, 1.807) is 10.9 Å². The molecule has 0 saturated heterocycles. The van der Waals surface area contributed by atoms with Crippen LogP contribution in [0.15, 0.2) is 23.4 Å². The molecule has 6 nitrogen and oxygen atoms in total. The summed E-state index contributed by atoms with van der Waals surface area (Å²) in [6.07, 6.45) is 1.72. The quantitative estimate of drug-likeness (QED) is 0.439. The number of azide groups is 1. The topological polar surface area (TPSA) is 79.5 Å². The molecule has 0 saturated carbocycles. The Labute approximate surface area is 92.5 Å². The van der Waals surface area contributed by atoms with E-state index in [0.717, 1.165) is 16.7 Å². The molecule has 2 rings (SSSR count). The van der Waals surface area contributed by atoms with E-state index >= 15 is 0 Å². The van der Waals surface area contributed by atoms with E-state index in [2.05, 4.69) is 20.1 Å². The maximum Gasteiger partial charge on any atom is 0.157 e. The third kappa shape index (κ3) is 1.49. The SMILES string of the molecule is Cn1nc(C(C)(C)N=[N+]=[N-])c2cccnc21. The zero-order chi connectivity index (χ0) is 11.8. The summed E-state index contributed by atoms with van der Waals surface area (Å²) >= 11 is 0. The van der Waals surface area contributed by atoms with Crippen molar-refractivity contribution in [3.8, 4) is 0 Å². The Morgan fingerprint density at radius 3 is 2.94 bits per heavy atom. The molecule has 0 atom stereocenters. The summed E-state index contributed by atoms with van der Waals surface area (Å²) in [7, 11) is 1.82. The summed E-state index contributed by atoms with van der Waals surface area (Å²) < 4.78 is 1.69. The number of nitrogens with zero attached hydrogens (tertiary/aromatic N) is 6. The average molecular weight is 216 g/mol. The molecule has 0 aliphatic rings. The third-order valence-electron chi connectivity index (χ3n) is 2.47. The van der Waals surface area contributed by atoms with E-state index in [1.807, 2.05) is 33.0 Å². The molecule has 0 spiro atoms. The standard InChI is InChI=1S/C10H12N6/c1-10(2,14-15-11)8-7-5-4-6-12-9(7)16(3)13-8/h4-6H,1-3H3. The number of fused-ring (bicyclic) bond motifs is 1. The summed E-state index contributed by atoms with van der Waals surface area (Å²) in [5, 5.41) is 9.06. The maximum atomic E-state index is 8.55. The fourth-order valence-electron chi connectivity index (χ4n) is 1.70. The molecular weight excluding hydrogens is 204 g/mol. The van der Waals surface area contributed by atoms with Crippen LogP contribution < -0.4 is 0 Å².